The summed E-state index contributed by atoms with van der Waals surface area (Å²) >= 11 is 0. The van der Waals surface area contributed by atoms with E-state index >= 15 is 0 Å². The summed E-state index contributed by atoms with van der Waals surface area (Å²) in [5.41, 5.74) is 1.45. The van der Waals surface area contributed by atoms with Crippen molar-refractivity contribution in [2.45, 2.75) is 50.3 Å². The number of alkyl halides is 1. The number of hydrogen-bond donors (Lipinski definition) is 3. The summed E-state index contributed by atoms with van der Waals surface area (Å²) in [5, 5.41) is 19.9. The smallest absolute Gasteiger partial charge is 0.253 e. The highest BCUT2D eigenvalue weighted by Crippen LogP contribution is 2.32. The predicted molar refractivity (Wildman–Crippen MR) is 105 cm³/mol. The summed E-state index contributed by atoms with van der Waals surface area (Å²) in [7, 11) is 0. The number of nitrogens with zero attached hydrogens (tertiary/aromatic N) is 2. The van der Waals surface area contributed by atoms with Gasteiger partial charge in [0.2, 0.25) is 0 Å². The third-order valence-electron chi connectivity index (χ3n) is 5.72. The minimum Gasteiger partial charge on any atom is -0.391 e. The highest BCUT2D eigenvalue weighted by Gasteiger charge is 2.28. The normalized spacial score (nSPS) is 20.7. The Morgan fingerprint density at radius 2 is 2.21 bits per heavy atom. The standard InChI is InChI=1S/C21H24F2N4O2/c22-9-8-17(13-10-24-25-11-13)27-12-14(20-15(23)4-3-6-18(20)27)21(29)26-16-5-1-2-7-19(16)28/h3-4,6,10-12,16-17,19,28H,1-2,5,7-9H2,(H,24,25)(H,26,29)/t16-,17?,19-/m0/s1. The van der Waals surface area contributed by atoms with Crippen LogP contribution in [0.4, 0.5) is 8.78 Å². The first-order valence-corrected chi connectivity index (χ1v) is 9.92. The van der Waals surface area contributed by atoms with Crippen LogP contribution < -0.4 is 5.32 Å². The number of carbonyl (C=O) groups excluding carboxylic acids is 1. The number of aromatic nitrogens is 3. The number of carbonyl (C=O) groups is 1. The molecule has 29 heavy (non-hydrogen) atoms. The van der Waals surface area contributed by atoms with E-state index < -0.39 is 30.5 Å². The Labute approximate surface area is 166 Å². The maximum atomic E-state index is 14.7. The van der Waals surface area contributed by atoms with E-state index in [9.17, 15) is 18.7 Å². The van der Waals surface area contributed by atoms with Crippen molar-refractivity contribution in [3.63, 3.8) is 0 Å². The van der Waals surface area contributed by atoms with Gasteiger partial charge in [-0.15, -0.1) is 0 Å². The fourth-order valence-corrected chi connectivity index (χ4v) is 4.24. The van der Waals surface area contributed by atoms with Crippen molar-refractivity contribution in [3.05, 3.63) is 53.7 Å². The average Bonchev–Trinajstić information content (AvgIpc) is 3.37. The maximum Gasteiger partial charge on any atom is 0.253 e. The molecule has 1 aromatic carbocycles. The van der Waals surface area contributed by atoms with Gasteiger partial charge in [0.1, 0.15) is 5.82 Å². The van der Waals surface area contributed by atoms with Crippen LogP contribution in [-0.2, 0) is 0 Å². The van der Waals surface area contributed by atoms with E-state index in [0.29, 0.717) is 18.4 Å². The lowest BCUT2D eigenvalue weighted by atomic mass is 9.92. The topological polar surface area (TPSA) is 82.9 Å². The Kier molecular flexibility index (Phi) is 5.62. The molecule has 154 valence electrons. The number of fused-ring (bicyclic) bond motifs is 1. The zero-order valence-electron chi connectivity index (χ0n) is 15.9. The van der Waals surface area contributed by atoms with Gasteiger partial charge in [0.15, 0.2) is 0 Å². The summed E-state index contributed by atoms with van der Waals surface area (Å²) < 4.78 is 29.8. The van der Waals surface area contributed by atoms with Crippen LogP contribution in [0.25, 0.3) is 10.9 Å². The van der Waals surface area contributed by atoms with E-state index in [1.165, 1.54) is 6.07 Å². The molecule has 1 aliphatic carbocycles. The Balaban J connectivity index is 1.75. The first kappa shape index (κ1) is 19.6. The number of halogens is 2. The molecular weight excluding hydrogens is 378 g/mol. The summed E-state index contributed by atoms with van der Waals surface area (Å²) in [6.45, 7) is -0.569. The lowest BCUT2D eigenvalue weighted by Gasteiger charge is -2.28. The Hall–Kier alpha value is -2.74. The first-order chi connectivity index (χ1) is 14.1. The van der Waals surface area contributed by atoms with Crippen LogP contribution in [-0.4, -0.2) is 44.6 Å². The molecule has 3 aromatic rings. The predicted octanol–water partition coefficient (Wildman–Crippen LogP) is 3.49. The lowest BCUT2D eigenvalue weighted by Crippen LogP contribution is -2.45. The van der Waals surface area contributed by atoms with Crippen molar-refractivity contribution in [2.24, 2.45) is 0 Å². The lowest BCUT2D eigenvalue weighted by molar-refractivity contribution is 0.0718. The molecule has 1 aliphatic rings. The van der Waals surface area contributed by atoms with Crippen LogP contribution in [0.2, 0.25) is 0 Å². The van der Waals surface area contributed by atoms with E-state index in [-0.39, 0.29) is 23.4 Å². The number of aromatic amines is 1. The Bertz CT molecular complexity index is 986. The van der Waals surface area contributed by atoms with Gasteiger partial charge in [-0.25, -0.2) is 4.39 Å². The van der Waals surface area contributed by atoms with Gasteiger partial charge in [-0.05, 0) is 25.0 Å². The van der Waals surface area contributed by atoms with Gasteiger partial charge in [-0.2, -0.15) is 5.10 Å². The molecule has 3 N–H and O–H groups in total. The second kappa shape index (κ2) is 8.32. The van der Waals surface area contributed by atoms with Crippen LogP contribution in [0, 0.1) is 5.82 Å². The van der Waals surface area contributed by atoms with Crippen molar-refractivity contribution in [2.75, 3.05) is 6.67 Å². The molecule has 0 spiro atoms. The van der Waals surface area contributed by atoms with Gasteiger partial charge >= 0.3 is 0 Å². The van der Waals surface area contributed by atoms with Gasteiger partial charge in [-0.3, -0.25) is 14.3 Å². The number of benzene rings is 1. The molecule has 0 bridgehead atoms. The third kappa shape index (κ3) is 3.76. The Morgan fingerprint density at radius 3 is 2.93 bits per heavy atom. The molecular formula is C21H24F2N4O2. The van der Waals surface area contributed by atoms with Gasteiger partial charge in [0, 0.05) is 29.8 Å². The zero-order valence-corrected chi connectivity index (χ0v) is 15.9. The van der Waals surface area contributed by atoms with Gasteiger partial charge in [-0.1, -0.05) is 18.9 Å². The number of H-pyrrole nitrogens is 1. The van der Waals surface area contributed by atoms with E-state index in [2.05, 4.69) is 15.5 Å². The van der Waals surface area contributed by atoms with E-state index in [1.807, 2.05) is 0 Å². The maximum absolute atomic E-state index is 14.7. The summed E-state index contributed by atoms with van der Waals surface area (Å²) in [6, 6.07) is 3.82. The fourth-order valence-electron chi connectivity index (χ4n) is 4.24. The number of aliphatic hydroxyl groups excluding tert-OH is 1. The molecule has 2 aromatic heterocycles. The molecule has 1 saturated carbocycles. The minimum atomic E-state index is -0.601. The number of aliphatic hydroxyl groups is 1. The molecule has 8 heteroatoms. The number of nitrogens with one attached hydrogen (secondary N) is 2. The highest BCUT2D eigenvalue weighted by atomic mass is 19.1. The second-order valence-corrected chi connectivity index (χ2v) is 7.54. The summed E-state index contributed by atoms with van der Waals surface area (Å²) in [5.74, 6) is -0.947. The molecule has 4 rings (SSSR count). The van der Waals surface area contributed by atoms with Gasteiger partial charge in [0.05, 0.1) is 42.1 Å². The molecule has 3 atom stereocenters. The first-order valence-electron chi connectivity index (χ1n) is 9.92. The average molecular weight is 402 g/mol. The van der Waals surface area contributed by atoms with Crippen LogP contribution in [0.15, 0.2) is 36.8 Å². The molecule has 0 aliphatic heterocycles. The largest absolute Gasteiger partial charge is 0.391 e. The highest BCUT2D eigenvalue weighted by molar-refractivity contribution is 6.07. The molecule has 1 amide bonds. The molecule has 1 unspecified atom stereocenters. The summed E-state index contributed by atoms with van der Waals surface area (Å²) in [6.07, 6.45) is 7.60. The molecule has 6 nitrogen and oxygen atoms in total. The van der Waals surface area contributed by atoms with Crippen LogP contribution in [0.1, 0.15) is 54.1 Å². The van der Waals surface area contributed by atoms with E-state index in [0.717, 1.165) is 18.4 Å². The van der Waals surface area contributed by atoms with Crippen molar-refractivity contribution < 1.29 is 18.7 Å². The number of amides is 1. The van der Waals surface area contributed by atoms with Crippen molar-refractivity contribution in [1.29, 1.82) is 0 Å². The second-order valence-electron chi connectivity index (χ2n) is 7.54. The van der Waals surface area contributed by atoms with Crippen LogP contribution >= 0.6 is 0 Å². The van der Waals surface area contributed by atoms with E-state index in [1.54, 1.807) is 35.3 Å². The number of hydrogen-bond acceptors (Lipinski definition) is 3. The zero-order chi connectivity index (χ0) is 20.4. The molecule has 1 fully saturated rings. The SMILES string of the molecule is O=C(N[C@H]1CCCC[C@@H]1O)c1cn(C(CCF)c2cn[nH]c2)c2cccc(F)c12. The van der Waals surface area contributed by atoms with Crippen LogP contribution in [0.5, 0.6) is 0 Å². The number of rotatable bonds is 6. The van der Waals surface area contributed by atoms with Crippen molar-refractivity contribution >= 4 is 16.8 Å². The summed E-state index contributed by atoms with van der Waals surface area (Å²) in [4.78, 5) is 13.0. The molecule has 2 heterocycles. The van der Waals surface area contributed by atoms with Gasteiger partial charge in [0.25, 0.3) is 5.91 Å². The van der Waals surface area contributed by atoms with E-state index in [4.69, 9.17) is 0 Å². The van der Waals surface area contributed by atoms with Crippen molar-refractivity contribution in [1.82, 2.24) is 20.1 Å². The quantitative estimate of drug-likeness (QED) is 0.590. The molecule has 0 saturated heterocycles. The van der Waals surface area contributed by atoms with Gasteiger partial charge < -0.3 is 15.0 Å². The minimum absolute atomic E-state index is 0.169. The van der Waals surface area contributed by atoms with Crippen LogP contribution in [0.3, 0.4) is 0 Å². The van der Waals surface area contributed by atoms with Crippen molar-refractivity contribution in [3.8, 4) is 0 Å². The Morgan fingerprint density at radius 1 is 1.38 bits per heavy atom. The fraction of sp³-hybridized carbons (Fsp3) is 0.429. The third-order valence-corrected chi connectivity index (χ3v) is 5.72. The molecule has 0 radical (unpaired) electrons. The monoisotopic (exact) mass is 402 g/mol.